The van der Waals surface area contributed by atoms with Crippen LogP contribution in [0.3, 0.4) is 0 Å². The maximum atomic E-state index is 13.7. The summed E-state index contributed by atoms with van der Waals surface area (Å²) in [5, 5.41) is 18.6. The van der Waals surface area contributed by atoms with Gasteiger partial charge in [0.15, 0.2) is 11.6 Å². The number of aliphatic hydroxyl groups excluding tert-OH is 1. The Bertz CT molecular complexity index is 1920. The largest absolute Gasteiger partial charge is 0.392 e. The Morgan fingerprint density at radius 3 is 1.73 bits per heavy atom. The maximum absolute atomic E-state index is 13.7. The summed E-state index contributed by atoms with van der Waals surface area (Å²) in [6.45, 7) is 14.6. The number of amides is 2. The van der Waals surface area contributed by atoms with Crippen molar-refractivity contribution in [1.82, 2.24) is 10.6 Å². The van der Waals surface area contributed by atoms with Gasteiger partial charge in [-0.1, -0.05) is 71.4 Å². The summed E-state index contributed by atoms with van der Waals surface area (Å²) in [5.74, 6) is 6.76. The number of carbonyl (C=O) groups is 4. The van der Waals surface area contributed by atoms with Gasteiger partial charge >= 0.3 is 0 Å². The van der Waals surface area contributed by atoms with Crippen LogP contribution in [-0.4, -0.2) is 71.9 Å². The first kappa shape index (κ1) is 54.6. The number of hydrogen-bond acceptors (Lipinski definition) is 8. The zero-order chi connectivity index (χ0) is 49.8. The molecule has 8 nitrogen and oxygen atoms in total. The minimum atomic E-state index is -0.425. The van der Waals surface area contributed by atoms with E-state index in [1.165, 1.54) is 36.8 Å². The van der Waals surface area contributed by atoms with Gasteiger partial charge in [-0.2, -0.15) is 25.3 Å². The van der Waals surface area contributed by atoms with E-state index in [4.69, 9.17) is 4.74 Å². The van der Waals surface area contributed by atoms with E-state index < -0.39 is 6.10 Å². The van der Waals surface area contributed by atoms with E-state index in [1.807, 2.05) is 12.2 Å². The van der Waals surface area contributed by atoms with Gasteiger partial charge in [-0.3, -0.25) is 19.2 Å². The first-order valence-corrected chi connectivity index (χ1v) is 30.4. The molecule has 0 aromatic rings. The van der Waals surface area contributed by atoms with Crippen LogP contribution in [0.4, 0.5) is 0 Å². The lowest BCUT2D eigenvalue weighted by atomic mass is 9.45. The van der Waals surface area contributed by atoms with E-state index in [0.29, 0.717) is 86.1 Å². The fourth-order valence-corrected chi connectivity index (χ4v) is 18.8. The molecule has 16 atom stereocenters. The van der Waals surface area contributed by atoms with Crippen LogP contribution in [-0.2, 0) is 23.9 Å². The minimum absolute atomic E-state index is 0.0153. The van der Waals surface area contributed by atoms with Gasteiger partial charge in [0.05, 0.1) is 18.8 Å². The fraction of sp³-hybridized carbons (Fsp3) is 0.867. The van der Waals surface area contributed by atoms with E-state index >= 15 is 0 Å². The Kier molecular flexibility index (Phi) is 18.3. The lowest BCUT2D eigenvalue weighted by Gasteiger charge is -2.61. The van der Waals surface area contributed by atoms with Crippen molar-refractivity contribution in [2.45, 2.75) is 214 Å². The van der Waals surface area contributed by atoms with Crippen LogP contribution in [0.5, 0.6) is 0 Å². The normalized spacial score (nSPS) is 39.5. The third-order valence-corrected chi connectivity index (χ3v) is 22.9. The van der Waals surface area contributed by atoms with E-state index in [2.05, 4.69) is 70.5 Å². The van der Waals surface area contributed by atoms with Crippen molar-refractivity contribution in [2.24, 2.45) is 80.8 Å². The highest BCUT2D eigenvalue weighted by Gasteiger charge is 2.64. The molecule has 0 aliphatic heterocycles. The van der Waals surface area contributed by atoms with Crippen LogP contribution in [0, 0.1) is 80.8 Å². The van der Waals surface area contributed by atoms with E-state index in [-0.39, 0.29) is 63.0 Å². The average molecular weight is 1010 g/mol. The van der Waals surface area contributed by atoms with Crippen LogP contribution in [0.25, 0.3) is 0 Å². The molecule has 2 amide bonds. The monoisotopic (exact) mass is 1000 g/mol. The number of carbonyl (C=O) groups excluding carboxylic acids is 4. The summed E-state index contributed by atoms with van der Waals surface area (Å²) in [6, 6.07) is 0. The molecule has 8 aliphatic carbocycles. The summed E-state index contributed by atoms with van der Waals surface area (Å²) < 4.78 is 7.63. The molecular weight excluding hydrogens is 909 g/mol. The Hall–Kier alpha value is -1.62. The average Bonchev–Trinajstić information content (AvgIpc) is 3.88. The number of aliphatic hydroxyl groups is 1. The summed E-state index contributed by atoms with van der Waals surface area (Å²) in [4.78, 5) is 52.6. The minimum Gasteiger partial charge on any atom is -0.392 e. The second-order valence-corrected chi connectivity index (χ2v) is 26.7. The Balaban J connectivity index is 1.00. The van der Waals surface area contributed by atoms with Crippen molar-refractivity contribution in [3.8, 4) is 0 Å². The molecule has 0 heterocycles. The van der Waals surface area contributed by atoms with Gasteiger partial charge in [-0.05, 0) is 220 Å². The molecule has 6 saturated carbocycles. The Morgan fingerprint density at radius 2 is 1.14 bits per heavy atom. The van der Waals surface area contributed by atoms with Gasteiger partial charge in [0.1, 0.15) is 0 Å². The summed E-state index contributed by atoms with van der Waals surface area (Å²) >= 11 is 8.71. The third-order valence-electron chi connectivity index (χ3n) is 22.3. The molecule has 0 spiro atoms. The van der Waals surface area contributed by atoms with E-state index in [1.54, 1.807) is 0 Å². The molecule has 0 bridgehead atoms. The first-order chi connectivity index (χ1) is 33.6. The van der Waals surface area contributed by atoms with Crippen LogP contribution in [0.1, 0.15) is 202 Å². The number of unbranched alkanes of at least 4 members (excludes halogenated alkanes) is 6. The van der Waals surface area contributed by atoms with Gasteiger partial charge < -0.3 is 20.5 Å². The Morgan fingerprint density at radius 1 is 0.643 bits per heavy atom. The molecule has 3 N–H and O–H groups in total. The Labute approximate surface area is 435 Å². The third kappa shape index (κ3) is 11.2. The van der Waals surface area contributed by atoms with Gasteiger partial charge in [0.2, 0.25) is 11.8 Å². The zero-order valence-corrected chi connectivity index (χ0v) is 46.2. The highest BCUT2D eigenvalue weighted by molar-refractivity contribution is 7.80. The predicted molar refractivity (Wildman–Crippen MR) is 289 cm³/mol. The summed E-state index contributed by atoms with van der Waals surface area (Å²) in [6.07, 6.45) is 28.9. The van der Waals surface area contributed by atoms with Crippen molar-refractivity contribution >= 4 is 48.6 Å². The fourth-order valence-electron chi connectivity index (χ4n) is 18.3. The lowest BCUT2D eigenvalue weighted by molar-refractivity contribution is -0.149. The first-order valence-electron chi connectivity index (χ1n) is 29.1. The van der Waals surface area contributed by atoms with Gasteiger partial charge in [0, 0.05) is 38.8 Å². The van der Waals surface area contributed by atoms with E-state index in [0.717, 1.165) is 134 Å². The number of thiol groups is 2. The molecular formula is C60H96N2O6S2. The molecule has 8 rings (SSSR count). The maximum Gasteiger partial charge on any atom is 0.220 e. The molecule has 0 aromatic carbocycles. The van der Waals surface area contributed by atoms with Gasteiger partial charge in [-0.25, -0.2) is 0 Å². The highest BCUT2D eigenvalue weighted by Crippen LogP contribution is 2.70. The van der Waals surface area contributed by atoms with Crippen LogP contribution < -0.4 is 10.6 Å². The predicted octanol–water partition coefficient (Wildman–Crippen LogP) is 12.3. The topological polar surface area (TPSA) is 122 Å². The smallest absolute Gasteiger partial charge is 0.220 e. The van der Waals surface area contributed by atoms with Crippen molar-refractivity contribution in [3.63, 3.8) is 0 Å². The highest BCUT2D eigenvalue weighted by atomic mass is 32.1. The molecule has 10 heteroatoms. The van der Waals surface area contributed by atoms with Crippen molar-refractivity contribution < 1.29 is 29.0 Å². The van der Waals surface area contributed by atoms with Crippen molar-refractivity contribution in [3.05, 3.63) is 23.3 Å². The molecule has 6 fully saturated rings. The van der Waals surface area contributed by atoms with Crippen molar-refractivity contribution in [1.29, 1.82) is 0 Å². The second-order valence-electron chi connectivity index (χ2n) is 25.8. The zero-order valence-electron chi connectivity index (χ0n) is 44.4. The SMILES string of the molecule is C[C@H](CCC(=O)NCCCCCCS)C1CCC2C3C(CC[C@@]21C)[C@@]1(C)CCC(=O)C=C1C[C@H]3OC[C@H](CCC(=O)NCCCCCCS)C1CCC2C3C(CC[C@@]21C)[C@@]1(C)CCC(=O)C=C1C[C@H]3O. The number of ketones is 2. The molecule has 0 radical (unpaired) electrons. The number of nitrogens with one attached hydrogen (secondary N) is 2. The molecule has 8 aliphatic rings. The molecule has 0 saturated heterocycles. The van der Waals surface area contributed by atoms with Crippen molar-refractivity contribution in [2.75, 3.05) is 31.2 Å². The van der Waals surface area contributed by atoms with Crippen LogP contribution in [0.15, 0.2) is 23.3 Å². The second kappa shape index (κ2) is 23.5. The molecule has 394 valence electrons. The molecule has 8 unspecified atom stereocenters. The standard InChI is InChI=1S/C60H96N2O6S2/c1-39(14-20-53(66)61-30-10-6-8-12-32-69)45-16-18-48-56-50(25-28-59(45,48)4)58(3)27-23-44(64)35-42(58)37-52(56)68-38-40(15-21-54(67)62-31-11-7-9-13-33-70)46-17-19-47-55-49(24-29-60(46,47)5)57(2)26-22-43(63)34-41(57)36-51(55)65/h34-35,39-40,45-52,55-56,65,69-70H,6-33,36-38H2,1-5H3,(H,61,66)(H,62,67)/t39-,40+,45?,46?,47?,48?,49?,50?,51-,52-,55?,56?,57+,58+,59-,60-/m1/s1. The number of ether oxygens (including phenoxy) is 1. The summed E-state index contributed by atoms with van der Waals surface area (Å²) in [7, 11) is 0. The number of fused-ring (bicyclic) bond motifs is 10. The van der Waals surface area contributed by atoms with Gasteiger partial charge in [-0.15, -0.1) is 0 Å². The van der Waals surface area contributed by atoms with E-state index in [9.17, 15) is 24.3 Å². The van der Waals surface area contributed by atoms with Crippen LogP contribution >= 0.6 is 25.3 Å². The number of hydrogen-bond donors (Lipinski definition) is 5. The quantitative estimate of drug-likeness (QED) is 0.0513. The molecule has 0 aromatic heterocycles. The summed E-state index contributed by atoms with van der Waals surface area (Å²) in [5.41, 5.74) is 2.73. The molecule has 70 heavy (non-hydrogen) atoms. The lowest BCUT2D eigenvalue weighted by Crippen LogP contribution is -2.57. The van der Waals surface area contributed by atoms with Crippen LogP contribution in [0.2, 0.25) is 0 Å². The van der Waals surface area contributed by atoms with Gasteiger partial charge in [0.25, 0.3) is 0 Å². The number of rotatable bonds is 23.